The molecule has 0 bridgehead atoms. The first-order valence-electron chi connectivity index (χ1n) is 4.78. The van der Waals surface area contributed by atoms with Crippen LogP contribution in [0.15, 0.2) is 42.5 Å². The van der Waals surface area contributed by atoms with E-state index in [0.29, 0.717) is 0 Å². The maximum absolute atomic E-state index is 13.2. The van der Waals surface area contributed by atoms with E-state index in [1.165, 1.54) is 6.07 Å². The highest BCUT2D eigenvalue weighted by atomic mass is 19.1. The van der Waals surface area contributed by atoms with E-state index in [1.54, 1.807) is 12.1 Å². The third kappa shape index (κ3) is 2.57. The predicted molar refractivity (Wildman–Crippen MR) is 56.0 cm³/mol. The Hall–Kier alpha value is -1.90. The lowest BCUT2D eigenvalue weighted by molar-refractivity contribution is 0.289. The van der Waals surface area contributed by atoms with Crippen molar-refractivity contribution in [3.63, 3.8) is 0 Å². The zero-order valence-electron chi connectivity index (χ0n) is 8.41. The summed E-state index contributed by atoms with van der Waals surface area (Å²) in [7, 11) is 0. The minimum Gasteiger partial charge on any atom is -0.486 e. The van der Waals surface area contributed by atoms with Crippen molar-refractivity contribution in [3.05, 3.63) is 65.7 Å². The third-order valence-corrected chi connectivity index (χ3v) is 2.08. The van der Waals surface area contributed by atoms with Gasteiger partial charge in [-0.15, -0.1) is 0 Å². The summed E-state index contributed by atoms with van der Waals surface area (Å²) in [6.45, 7) is 0.247. The zero-order valence-corrected chi connectivity index (χ0v) is 8.41. The van der Waals surface area contributed by atoms with Crippen molar-refractivity contribution < 1.29 is 13.5 Å². The Morgan fingerprint density at radius 1 is 1.06 bits per heavy atom. The van der Waals surface area contributed by atoms with Crippen LogP contribution in [-0.2, 0) is 6.61 Å². The van der Waals surface area contributed by atoms with Gasteiger partial charge in [-0.2, -0.15) is 0 Å². The first-order valence-corrected chi connectivity index (χ1v) is 4.78. The molecule has 2 rings (SSSR count). The summed E-state index contributed by atoms with van der Waals surface area (Å²) in [5.74, 6) is -1.25. The fourth-order valence-corrected chi connectivity index (χ4v) is 1.27. The molecule has 0 saturated carbocycles. The molecular weight excluding hydrogens is 210 g/mol. The highest BCUT2D eigenvalue weighted by Crippen LogP contribution is 2.18. The first-order chi connectivity index (χ1) is 7.75. The summed E-state index contributed by atoms with van der Waals surface area (Å²) >= 11 is 0. The van der Waals surface area contributed by atoms with Crippen molar-refractivity contribution in [3.8, 4) is 5.75 Å². The summed E-state index contributed by atoms with van der Waals surface area (Å²) in [5.41, 5.74) is 0.905. The van der Waals surface area contributed by atoms with Gasteiger partial charge in [0.1, 0.15) is 12.4 Å². The molecule has 1 nitrogen and oxygen atoms in total. The van der Waals surface area contributed by atoms with Crippen molar-refractivity contribution in [1.82, 2.24) is 0 Å². The van der Waals surface area contributed by atoms with Gasteiger partial charge in [-0.1, -0.05) is 24.3 Å². The van der Waals surface area contributed by atoms with Crippen molar-refractivity contribution >= 4 is 0 Å². The Kier molecular flexibility index (Phi) is 3.15. The quantitative estimate of drug-likeness (QED) is 0.769. The molecule has 0 N–H and O–H groups in total. The predicted octanol–water partition coefficient (Wildman–Crippen LogP) is 3.34. The molecule has 0 atom stereocenters. The van der Waals surface area contributed by atoms with Crippen LogP contribution < -0.4 is 4.74 Å². The van der Waals surface area contributed by atoms with Crippen LogP contribution in [-0.4, -0.2) is 0 Å². The van der Waals surface area contributed by atoms with Crippen LogP contribution in [0.2, 0.25) is 0 Å². The standard InChI is InChI=1S/C13H9F2O/c14-11-6-7-13(12(15)8-11)16-9-10-4-2-1-3-5-10/h2-8H,9H2. The number of halogens is 2. The van der Waals surface area contributed by atoms with E-state index in [-0.39, 0.29) is 12.4 Å². The van der Waals surface area contributed by atoms with E-state index in [1.807, 2.05) is 12.1 Å². The lowest BCUT2D eigenvalue weighted by Crippen LogP contribution is -1.97. The average molecular weight is 219 g/mol. The minimum absolute atomic E-state index is 0.0502. The van der Waals surface area contributed by atoms with Gasteiger partial charge in [0.25, 0.3) is 0 Å². The molecule has 81 valence electrons. The Bertz CT molecular complexity index is 469. The lowest BCUT2D eigenvalue weighted by Gasteiger charge is -2.06. The lowest BCUT2D eigenvalue weighted by atomic mass is 10.2. The van der Waals surface area contributed by atoms with Crippen molar-refractivity contribution in [2.75, 3.05) is 0 Å². The van der Waals surface area contributed by atoms with E-state index in [2.05, 4.69) is 6.07 Å². The molecule has 0 aromatic heterocycles. The van der Waals surface area contributed by atoms with Crippen LogP contribution in [0.25, 0.3) is 0 Å². The monoisotopic (exact) mass is 219 g/mol. The minimum atomic E-state index is -0.692. The Balaban J connectivity index is 2.05. The summed E-state index contributed by atoms with van der Waals surface area (Å²) in [4.78, 5) is 0. The van der Waals surface area contributed by atoms with E-state index in [4.69, 9.17) is 4.74 Å². The van der Waals surface area contributed by atoms with E-state index >= 15 is 0 Å². The molecule has 0 saturated heterocycles. The molecule has 0 amide bonds. The summed E-state index contributed by atoms with van der Waals surface area (Å²) in [6.07, 6.45) is 0. The van der Waals surface area contributed by atoms with Gasteiger partial charge in [0.05, 0.1) is 0 Å². The van der Waals surface area contributed by atoms with Crippen LogP contribution in [0, 0.1) is 17.7 Å². The van der Waals surface area contributed by atoms with Crippen molar-refractivity contribution in [2.24, 2.45) is 0 Å². The van der Waals surface area contributed by atoms with Crippen LogP contribution in [0.4, 0.5) is 8.78 Å². The normalized spacial score (nSPS) is 10.1. The molecule has 3 heteroatoms. The maximum Gasteiger partial charge on any atom is 0.167 e. The molecule has 0 aliphatic rings. The zero-order chi connectivity index (χ0) is 11.4. The number of ether oxygens (including phenoxy) is 1. The Labute approximate surface area is 92.3 Å². The molecule has 2 aromatic rings. The molecule has 0 aliphatic carbocycles. The van der Waals surface area contributed by atoms with Gasteiger partial charge >= 0.3 is 0 Å². The van der Waals surface area contributed by atoms with Gasteiger partial charge in [-0.3, -0.25) is 0 Å². The number of hydrogen-bond acceptors (Lipinski definition) is 1. The van der Waals surface area contributed by atoms with Crippen LogP contribution in [0.5, 0.6) is 5.75 Å². The van der Waals surface area contributed by atoms with Crippen LogP contribution in [0.1, 0.15) is 5.56 Å². The number of benzene rings is 2. The number of rotatable bonds is 3. The number of hydrogen-bond donors (Lipinski definition) is 0. The van der Waals surface area contributed by atoms with Gasteiger partial charge in [-0.05, 0) is 23.8 Å². The van der Waals surface area contributed by atoms with E-state index in [0.717, 1.165) is 17.7 Å². The second-order valence-corrected chi connectivity index (χ2v) is 3.27. The highest BCUT2D eigenvalue weighted by Gasteiger charge is 2.04. The van der Waals surface area contributed by atoms with Crippen molar-refractivity contribution in [1.29, 1.82) is 0 Å². The topological polar surface area (TPSA) is 9.23 Å². The molecule has 0 heterocycles. The van der Waals surface area contributed by atoms with Crippen molar-refractivity contribution in [2.45, 2.75) is 6.61 Å². The Morgan fingerprint density at radius 2 is 1.81 bits per heavy atom. The van der Waals surface area contributed by atoms with E-state index < -0.39 is 11.6 Å². The second-order valence-electron chi connectivity index (χ2n) is 3.27. The maximum atomic E-state index is 13.2. The van der Waals surface area contributed by atoms with Crippen LogP contribution >= 0.6 is 0 Å². The summed E-state index contributed by atoms with van der Waals surface area (Å²) in [6, 6.07) is 13.3. The molecule has 1 radical (unpaired) electrons. The largest absolute Gasteiger partial charge is 0.486 e. The summed E-state index contributed by atoms with van der Waals surface area (Å²) in [5, 5.41) is 0. The summed E-state index contributed by atoms with van der Waals surface area (Å²) < 4.78 is 31.0. The third-order valence-electron chi connectivity index (χ3n) is 2.08. The highest BCUT2D eigenvalue weighted by molar-refractivity contribution is 5.25. The van der Waals surface area contributed by atoms with E-state index in [9.17, 15) is 8.78 Å². The van der Waals surface area contributed by atoms with Gasteiger partial charge in [0, 0.05) is 6.07 Å². The SMILES string of the molecule is Fc1ccc(OCc2cc[c]cc2)c(F)c1. The molecule has 2 aromatic carbocycles. The smallest absolute Gasteiger partial charge is 0.167 e. The molecule has 16 heavy (non-hydrogen) atoms. The molecular formula is C13H9F2O. The molecule has 0 aliphatic heterocycles. The molecule has 0 spiro atoms. The first kappa shape index (κ1) is 10.6. The average Bonchev–Trinajstić information content (AvgIpc) is 2.29. The van der Waals surface area contributed by atoms with Gasteiger partial charge in [-0.25, -0.2) is 8.78 Å². The Morgan fingerprint density at radius 3 is 2.50 bits per heavy atom. The molecule has 0 fully saturated rings. The fraction of sp³-hybridized carbons (Fsp3) is 0.0769. The van der Waals surface area contributed by atoms with Gasteiger partial charge in [0.15, 0.2) is 11.6 Å². The van der Waals surface area contributed by atoms with Gasteiger partial charge < -0.3 is 4.74 Å². The second kappa shape index (κ2) is 4.75. The molecule has 0 unspecified atom stereocenters. The van der Waals surface area contributed by atoms with Crippen LogP contribution in [0.3, 0.4) is 0 Å². The fourth-order valence-electron chi connectivity index (χ4n) is 1.27. The van der Waals surface area contributed by atoms with Gasteiger partial charge in [0.2, 0.25) is 0 Å².